The second-order valence-electron chi connectivity index (χ2n) is 8.66. The summed E-state index contributed by atoms with van der Waals surface area (Å²) >= 11 is 0. The average molecular weight is 414 g/mol. The number of aromatic amines is 1. The van der Waals surface area contributed by atoms with E-state index < -0.39 is 0 Å². The van der Waals surface area contributed by atoms with E-state index >= 15 is 0 Å². The number of amides is 2. The lowest BCUT2D eigenvalue weighted by molar-refractivity contribution is -0.138. The summed E-state index contributed by atoms with van der Waals surface area (Å²) < 4.78 is 0. The fraction of sp³-hybridized carbons (Fsp3) is 0.609. The molecule has 2 heterocycles. The second-order valence-corrected chi connectivity index (χ2v) is 8.66. The van der Waals surface area contributed by atoms with Crippen LogP contribution < -0.4 is 5.32 Å². The van der Waals surface area contributed by atoms with Crippen molar-refractivity contribution in [3.8, 4) is 0 Å². The second kappa shape index (κ2) is 10.1. The van der Waals surface area contributed by atoms with Crippen LogP contribution >= 0.6 is 0 Å². The van der Waals surface area contributed by atoms with E-state index in [9.17, 15) is 9.59 Å². The van der Waals surface area contributed by atoms with Gasteiger partial charge in [0.2, 0.25) is 11.8 Å². The Morgan fingerprint density at radius 2 is 1.97 bits per heavy atom. The fourth-order valence-corrected chi connectivity index (χ4v) is 4.37. The van der Waals surface area contributed by atoms with Crippen LogP contribution in [0.15, 0.2) is 24.3 Å². The van der Waals surface area contributed by atoms with Crippen LogP contribution in [0.2, 0.25) is 0 Å². The van der Waals surface area contributed by atoms with Gasteiger partial charge in [0.25, 0.3) is 0 Å². The molecule has 0 spiro atoms. The van der Waals surface area contributed by atoms with Crippen molar-refractivity contribution >= 4 is 22.8 Å². The number of nitrogens with one attached hydrogen (secondary N) is 2. The number of nitrogens with zero attached hydrogens (tertiary/aromatic N) is 3. The molecule has 2 N–H and O–H groups in total. The van der Waals surface area contributed by atoms with E-state index in [-0.39, 0.29) is 17.9 Å². The normalized spacial score (nSPS) is 16.9. The Balaban J connectivity index is 1.50. The number of carbonyl (C=O) groups excluding carboxylic acids is 2. The fourth-order valence-electron chi connectivity index (χ4n) is 4.37. The predicted octanol–water partition coefficient (Wildman–Crippen LogP) is 2.72. The summed E-state index contributed by atoms with van der Waals surface area (Å²) in [5.41, 5.74) is 1.89. The first-order chi connectivity index (χ1) is 14.4. The van der Waals surface area contributed by atoms with Gasteiger partial charge in [0.1, 0.15) is 11.9 Å². The largest absolute Gasteiger partial charge is 0.353 e. The average Bonchev–Trinajstić information content (AvgIpc) is 3.35. The first-order valence-corrected chi connectivity index (χ1v) is 11.1. The highest BCUT2D eigenvalue weighted by molar-refractivity contribution is 5.88. The molecule has 1 aromatic heterocycles. The Hall–Kier alpha value is -2.41. The molecule has 1 atom stereocenters. The van der Waals surface area contributed by atoms with Gasteiger partial charge in [-0.2, -0.15) is 0 Å². The molecular formula is C23H35N5O2. The number of hydrogen-bond donors (Lipinski definition) is 2. The number of benzene rings is 1. The van der Waals surface area contributed by atoms with Crippen molar-refractivity contribution in [1.82, 2.24) is 25.1 Å². The molecule has 2 amide bonds. The van der Waals surface area contributed by atoms with Gasteiger partial charge in [0.15, 0.2) is 0 Å². The van der Waals surface area contributed by atoms with Crippen LogP contribution in [0, 0.1) is 0 Å². The van der Waals surface area contributed by atoms with Crippen molar-refractivity contribution in [1.29, 1.82) is 0 Å². The number of imidazole rings is 1. The SMILES string of the molecule is CC(C)N(CCNC(=O)[C@@H]1CCCN1C(=O)CCc1nc2ccccc2[nH]1)C(C)C. The van der Waals surface area contributed by atoms with Gasteiger partial charge in [-0.1, -0.05) is 12.1 Å². The van der Waals surface area contributed by atoms with Gasteiger partial charge in [-0.15, -0.1) is 0 Å². The maximum Gasteiger partial charge on any atom is 0.242 e. The number of carbonyl (C=O) groups is 2. The summed E-state index contributed by atoms with van der Waals surface area (Å²) in [5, 5.41) is 3.05. The zero-order valence-corrected chi connectivity index (χ0v) is 18.6. The highest BCUT2D eigenvalue weighted by Crippen LogP contribution is 2.19. The number of fused-ring (bicyclic) bond motifs is 1. The van der Waals surface area contributed by atoms with Crippen molar-refractivity contribution in [2.24, 2.45) is 0 Å². The van der Waals surface area contributed by atoms with Crippen LogP contribution in [0.1, 0.15) is 52.8 Å². The van der Waals surface area contributed by atoms with E-state index in [4.69, 9.17) is 0 Å². The molecule has 0 bridgehead atoms. The molecule has 3 rings (SSSR count). The van der Waals surface area contributed by atoms with E-state index in [0.717, 1.165) is 36.2 Å². The van der Waals surface area contributed by atoms with Crippen molar-refractivity contribution in [2.45, 2.75) is 71.5 Å². The van der Waals surface area contributed by atoms with E-state index in [0.29, 0.717) is 38.0 Å². The van der Waals surface area contributed by atoms with Crippen molar-refractivity contribution in [2.75, 3.05) is 19.6 Å². The minimum Gasteiger partial charge on any atom is -0.353 e. The van der Waals surface area contributed by atoms with Crippen LogP contribution in [0.5, 0.6) is 0 Å². The molecule has 7 heteroatoms. The molecular weight excluding hydrogens is 378 g/mol. The summed E-state index contributed by atoms with van der Waals surface area (Å²) in [7, 11) is 0. The Morgan fingerprint density at radius 3 is 2.67 bits per heavy atom. The van der Waals surface area contributed by atoms with Gasteiger partial charge in [-0.05, 0) is 52.7 Å². The zero-order valence-electron chi connectivity index (χ0n) is 18.6. The van der Waals surface area contributed by atoms with Gasteiger partial charge in [0, 0.05) is 44.6 Å². The molecule has 30 heavy (non-hydrogen) atoms. The maximum atomic E-state index is 12.8. The minimum atomic E-state index is -0.347. The third-order valence-electron chi connectivity index (χ3n) is 5.89. The smallest absolute Gasteiger partial charge is 0.242 e. The first-order valence-electron chi connectivity index (χ1n) is 11.1. The van der Waals surface area contributed by atoms with E-state index in [1.807, 2.05) is 24.3 Å². The topological polar surface area (TPSA) is 81.3 Å². The molecule has 0 radical (unpaired) electrons. The number of para-hydroxylation sites is 2. The van der Waals surface area contributed by atoms with Crippen LogP contribution in [-0.4, -0.2) is 69.3 Å². The molecule has 0 aliphatic carbocycles. The highest BCUT2D eigenvalue weighted by atomic mass is 16.2. The third-order valence-corrected chi connectivity index (χ3v) is 5.89. The molecule has 1 saturated heterocycles. The lowest BCUT2D eigenvalue weighted by Gasteiger charge is -2.31. The minimum absolute atomic E-state index is 0.0269. The summed E-state index contributed by atoms with van der Waals surface area (Å²) in [6.07, 6.45) is 2.52. The molecule has 0 saturated carbocycles. The predicted molar refractivity (Wildman–Crippen MR) is 119 cm³/mol. The maximum absolute atomic E-state index is 12.8. The molecule has 2 aromatic rings. The van der Waals surface area contributed by atoms with Crippen molar-refractivity contribution in [3.05, 3.63) is 30.1 Å². The summed E-state index contributed by atoms with van der Waals surface area (Å²) in [6, 6.07) is 8.37. The van der Waals surface area contributed by atoms with Gasteiger partial charge in [0.05, 0.1) is 11.0 Å². The van der Waals surface area contributed by atoms with Crippen LogP contribution in [0.3, 0.4) is 0 Å². The number of H-pyrrole nitrogens is 1. The monoisotopic (exact) mass is 413 g/mol. The van der Waals surface area contributed by atoms with Crippen molar-refractivity contribution in [3.63, 3.8) is 0 Å². The lowest BCUT2D eigenvalue weighted by Crippen LogP contribution is -2.48. The Morgan fingerprint density at radius 1 is 1.23 bits per heavy atom. The van der Waals surface area contributed by atoms with Crippen LogP contribution in [0.25, 0.3) is 11.0 Å². The first kappa shape index (κ1) is 22.3. The summed E-state index contributed by atoms with van der Waals surface area (Å²) in [5.74, 6) is 0.809. The molecule has 1 aliphatic heterocycles. The number of likely N-dealkylation sites (tertiary alicyclic amines) is 1. The Kier molecular flexibility index (Phi) is 7.48. The van der Waals surface area contributed by atoms with Gasteiger partial charge < -0.3 is 15.2 Å². The lowest BCUT2D eigenvalue weighted by atomic mass is 10.2. The van der Waals surface area contributed by atoms with E-state index in [2.05, 4.69) is 47.9 Å². The van der Waals surface area contributed by atoms with Gasteiger partial charge >= 0.3 is 0 Å². The molecule has 164 valence electrons. The summed E-state index contributed by atoms with van der Waals surface area (Å²) in [6.45, 7) is 10.7. The number of aryl methyl sites for hydroxylation is 1. The van der Waals surface area contributed by atoms with Gasteiger partial charge in [-0.25, -0.2) is 4.98 Å². The Labute approximate surface area is 179 Å². The zero-order chi connectivity index (χ0) is 21.7. The molecule has 1 fully saturated rings. The standard InChI is InChI=1S/C23H35N5O2/c1-16(2)27(17(3)4)15-13-24-23(30)20-10-7-14-28(20)22(29)12-11-21-25-18-8-5-6-9-19(18)26-21/h5-6,8-9,16-17,20H,7,10-15H2,1-4H3,(H,24,30)(H,25,26)/t20-/m0/s1. The van der Waals surface area contributed by atoms with Crippen molar-refractivity contribution < 1.29 is 9.59 Å². The Bertz CT molecular complexity index is 819. The molecule has 7 nitrogen and oxygen atoms in total. The van der Waals surface area contributed by atoms with E-state index in [1.165, 1.54) is 0 Å². The molecule has 1 aromatic carbocycles. The van der Waals surface area contributed by atoms with Crippen LogP contribution in [0.4, 0.5) is 0 Å². The highest BCUT2D eigenvalue weighted by Gasteiger charge is 2.33. The number of aromatic nitrogens is 2. The van der Waals surface area contributed by atoms with Crippen LogP contribution in [-0.2, 0) is 16.0 Å². The number of rotatable bonds is 9. The summed E-state index contributed by atoms with van der Waals surface area (Å²) in [4.78, 5) is 37.4. The number of hydrogen-bond acceptors (Lipinski definition) is 4. The van der Waals surface area contributed by atoms with Gasteiger partial charge in [-0.3, -0.25) is 14.5 Å². The quantitative estimate of drug-likeness (QED) is 0.662. The molecule has 0 unspecified atom stereocenters. The third kappa shape index (κ3) is 5.39. The van der Waals surface area contributed by atoms with E-state index in [1.54, 1.807) is 4.90 Å². The molecule has 1 aliphatic rings.